The van der Waals surface area contributed by atoms with Crippen molar-refractivity contribution in [1.29, 1.82) is 5.26 Å². The van der Waals surface area contributed by atoms with Gasteiger partial charge in [0.2, 0.25) is 0 Å². The summed E-state index contributed by atoms with van der Waals surface area (Å²) in [5.41, 5.74) is 3.41. The molecule has 5 nitrogen and oxygen atoms in total. The molecule has 0 saturated carbocycles. The number of aryl methyl sites for hydroxylation is 1. The number of pyridine rings is 1. The molecule has 1 heterocycles. The van der Waals surface area contributed by atoms with E-state index in [9.17, 15) is 15.2 Å². The van der Waals surface area contributed by atoms with Crippen molar-refractivity contribution in [2.75, 3.05) is 5.32 Å². The Morgan fingerprint density at radius 3 is 2.48 bits per heavy atom. The van der Waals surface area contributed by atoms with Gasteiger partial charge in [-0.1, -0.05) is 20.8 Å². The molecule has 0 aliphatic heterocycles. The van der Waals surface area contributed by atoms with E-state index in [1.807, 2.05) is 12.1 Å². The highest BCUT2D eigenvalue weighted by atomic mass is 16.4. The van der Waals surface area contributed by atoms with Crippen LogP contribution in [0.5, 0.6) is 0 Å². The molecular weight excluding hydrogens is 290 g/mol. The van der Waals surface area contributed by atoms with Gasteiger partial charge in [0.1, 0.15) is 0 Å². The summed E-state index contributed by atoms with van der Waals surface area (Å²) in [5.74, 6) is -1.01. The summed E-state index contributed by atoms with van der Waals surface area (Å²) in [5, 5.41) is 21.5. The van der Waals surface area contributed by atoms with Gasteiger partial charge < -0.3 is 10.4 Å². The van der Waals surface area contributed by atoms with Crippen LogP contribution in [0.1, 0.15) is 48.0 Å². The lowest BCUT2D eigenvalue weighted by Gasteiger charge is -2.20. The van der Waals surface area contributed by atoms with Gasteiger partial charge in [-0.15, -0.1) is 0 Å². The Balaban J connectivity index is 2.43. The molecule has 0 spiro atoms. The minimum absolute atomic E-state index is 0.0962. The number of nitriles is 1. The first-order valence-electron chi connectivity index (χ1n) is 7.23. The van der Waals surface area contributed by atoms with Crippen molar-refractivity contribution in [2.45, 2.75) is 33.1 Å². The van der Waals surface area contributed by atoms with E-state index in [0.29, 0.717) is 16.9 Å². The Morgan fingerprint density at radius 2 is 1.91 bits per heavy atom. The highest BCUT2D eigenvalue weighted by Crippen LogP contribution is 2.28. The number of aromatic nitrogens is 1. The lowest BCUT2D eigenvalue weighted by Crippen LogP contribution is -2.12. The first-order valence-corrected chi connectivity index (χ1v) is 7.23. The zero-order chi connectivity index (χ0) is 17.2. The number of carboxylic acid groups (broad SMARTS) is 1. The third-order valence-electron chi connectivity index (χ3n) is 3.53. The fourth-order valence-electron chi connectivity index (χ4n) is 2.18. The second-order valence-electron chi connectivity index (χ2n) is 6.45. The maximum absolute atomic E-state index is 11.2. The molecule has 0 atom stereocenters. The number of aromatic carboxylic acids is 1. The summed E-state index contributed by atoms with van der Waals surface area (Å²) in [6.45, 7) is 7.87. The third-order valence-corrected chi connectivity index (χ3v) is 3.53. The molecule has 1 aromatic carbocycles. The number of nitrogens with one attached hydrogen (secondary N) is 1. The van der Waals surface area contributed by atoms with E-state index in [4.69, 9.17) is 0 Å². The molecule has 0 bridgehead atoms. The molecule has 0 unspecified atom stereocenters. The van der Waals surface area contributed by atoms with Crippen molar-refractivity contribution in [1.82, 2.24) is 4.98 Å². The molecule has 23 heavy (non-hydrogen) atoms. The third kappa shape index (κ3) is 3.86. The Bertz CT molecular complexity index is 799. The Labute approximate surface area is 135 Å². The number of carboxylic acids is 1. The molecule has 0 aliphatic rings. The van der Waals surface area contributed by atoms with Crippen LogP contribution in [0.25, 0.3) is 0 Å². The first kappa shape index (κ1) is 16.5. The molecule has 2 rings (SSSR count). The fraction of sp³-hybridized carbons (Fsp3) is 0.278. The van der Waals surface area contributed by atoms with Gasteiger partial charge in [-0.25, -0.2) is 4.79 Å². The Hall–Kier alpha value is -2.87. The standard InChI is InChI=1S/C18H19N3O2/c1-11-16(17(22)23)8-15(10-20-11)21-14-6-12(9-19)5-13(7-14)18(2,3)4/h5-8,10,21H,1-4H3,(H,22,23). The van der Waals surface area contributed by atoms with Crippen LogP contribution in [0.4, 0.5) is 11.4 Å². The van der Waals surface area contributed by atoms with Crippen LogP contribution in [0.3, 0.4) is 0 Å². The van der Waals surface area contributed by atoms with Crippen molar-refractivity contribution >= 4 is 17.3 Å². The van der Waals surface area contributed by atoms with E-state index < -0.39 is 5.97 Å². The van der Waals surface area contributed by atoms with Crippen LogP contribution in [0.2, 0.25) is 0 Å². The summed E-state index contributed by atoms with van der Waals surface area (Å²) in [6.07, 6.45) is 1.58. The SMILES string of the molecule is Cc1ncc(Nc2cc(C#N)cc(C(C)(C)C)c2)cc1C(=O)O. The number of hydrogen-bond donors (Lipinski definition) is 2. The normalized spacial score (nSPS) is 10.9. The molecular formula is C18H19N3O2. The summed E-state index contributed by atoms with van der Waals surface area (Å²) in [6, 6.07) is 9.25. The number of hydrogen-bond acceptors (Lipinski definition) is 4. The maximum atomic E-state index is 11.2. The predicted molar refractivity (Wildman–Crippen MR) is 89.1 cm³/mol. The zero-order valence-electron chi connectivity index (χ0n) is 13.6. The van der Waals surface area contributed by atoms with Gasteiger partial charge >= 0.3 is 5.97 Å². The van der Waals surface area contributed by atoms with Gasteiger partial charge in [-0.3, -0.25) is 4.98 Å². The number of carbonyl (C=O) groups is 1. The minimum Gasteiger partial charge on any atom is -0.478 e. The summed E-state index contributed by atoms with van der Waals surface area (Å²) < 4.78 is 0. The summed E-state index contributed by atoms with van der Waals surface area (Å²) >= 11 is 0. The first-order chi connectivity index (χ1) is 10.7. The van der Waals surface area contributed by atoms with E-state index in [2.05, 4.69) is 37.1 Å². The van der Waals surface area contributed by atoms with Gasteiger partial charge in [0.25, 0.3) is 0 Å². The second kappa shape index (κ2) is 6.09. The summed E-state index contributed by atoms with van der Waals surface area (Å²) in [4.78, 5) is 15.3. The molecule has 0 saturated heterocycles. The van der Waals surface area contributed by atoms with Crippen LogP contribution in [-0.2, 0) is 5.41 Å². The van der Waals surface area contributed by atoms with Crippen molar-refractivity contribution in [3.05, 3.63) is 52.8 Å². The van der Waals surface area contributed by atoms with Crippen LogP contribution >= 0.6 is 0 Å². The monoisotopic (exact) mass is 309 g/mol. The molecule has 2 N–H and O–H groups in total. The van der Waals surface area contributed by atoms with Gasteiger partial charge in [0.05, 0.1) is 34.8 Å². The quantitative estimate of drug-likeness (QED) is 0.895. The largest absolute Gasteiger partial charge is 0.478 e. The number of benzene rings is 1. The molecule has 2 aromatic rings. The maximum Gasteiger partial charge on any atom is 0.337 e. The number of anilines is 2. The second-order valence-corrected chi connectivity index (χ2v) is 6.45. The smallest absolute Gasteiger partial charge is 0.337 e. The molecule has 0 radical (unpaired) electrons. The zero-order valence-corrected chi connectivity index (χ0v) is 13.6. The topological polar surface area (TPSA) is 86.0 Å². The molecule has 0 amide bonds. The fourth-order valence-corrected chi connectivity index (χ4v) is 2.18. The van der Waals surface area contributed by atoms with Crippen molar-refractivity contribution in [3.8, 4) is 6.07 Å². The van der Waals surface area contributed by atoms with Crippen LogP contribution < -0.4 is 5.32 Å². The van der Waals surface area contributed by atoms with Crippen LogP contribution in [0.15, 0.2) is 30.5 Å². The summed E-state index contributed by atoms with van der Waals surface area (Å²) in [7, 11) is 0. The predicted octanol–water partition coefficient (Wildman–Crippen LogP) is 4.00. The average Bonchev–Trinajstić information content (AvgIpc) is 2.47. The highest BCUT2D eigenvalue weighted by molar-refractivity contribution is 5.90. The lowest BCUT2D eigenvalue weighted by molar-refractivity contribution is 0.0695. The van der Waals surface area contributed by atoms with E-state index in [0.717, 1.165) is 11.3 Å². The van der Waals surface area contributed by atoms with E-state index in [-0.39, 0.29) is 11.0 Å². The van der Waals surface area contributed by atoms with Crippen LogP contribution in [-0.4, -0.2) is 16.1 Å². The van der Waals surface area contributed by atoms with Crippen LogP contribution in [0, 0.1) is 18.3 Å². The van der Waals surface area contributed by atoms with Crippen molar-refractivity contribution in [3.63, 3.8) is 0 Å². The lowest BCUT2D eigenvalue weighted by atomic mass is 9.86. The molecule has 118 valence electrons. The van der Waals surface area contributed by atoms with E-state index >= 15 is 0 Å². The average molecular weight is 309 g/mol. The van der Waals surface area contributed by atoms with Crippen molar-refractivity contribution in [2.24, 2.45) is 0 Å². The minimum atomic E-state index is -1.01. The number of nitrogens with zero attached hydrogens (tertiary/aromatic N) is 2. The van der Waals surface area contributed by atoms with E-state index in [1.165, 1.54) is 0 Å². The highest BCUT2D eigenvalue weighted by Gasteiger charge is 2.16. The van der Waals surface area contributed by atoms with Gasteiger partial charge in [0.15, 0.2) is 0 Å². The van der Waals surface area contributed by atoms with Crippen molar-refractivity contribution < 1.29 is 9.90 Å². The Morgan fingerprint density at radius 1 is 1.22 bits per heavy atom. The molecule has 1 aromatic heterocycles. The number of rotatable bonds is 3. The van der Waals surface area contributed by atoms with Gasteiger partial charge in [-0.2, -0.15) is 5.26 Å². The molecule has 0 aliphatic carbocycles. The van der Waals surface area contributed by atoms with Gasteiger partial charge in [-0.05, 0) is 42.2 Å². The van der Waals surface area contributed by atoms with E-state index in [1.54, 1.807) is 25.3 Å². The van der Waals surface area contributed by atoms with Gasteiger partial charge in [0, 0.05) is 5.69 Å². The Kier molecular flexibility index (Phi) is 4.37. The molecule has 0 fully saturated rings. The molecule has 5 heteroatoms.